The minimum Gasteiger partial charge on any atom is -0.508 e. The highest BCUT2D eigenvalue weighted by Gasteiger charge is 2.15. The number of benzene rings is 1. The van der Waals surface area contributed by atoms with E-state index in [1.165, 1.54) is 41.3 Å². The molecule has 1 aromatic heterocycles. The van der Waals surface area contributed by atoms with Gasteiger partial charge < -0.3 is 5.11 Å². The van der Waals surface area contributed by atoms with Crippen molar-refractivity contribution in [2.45, 2.75) is 4.90 Å². The quantitative estimate of drug-likeness (QED) is 0.797. The van der Waals surface area contributed by atoms with Gasteiger partial charge in [-0.1, -0.05) is 0 Å². The van der Waals surface area contributed by atoms with Crippen LogP contribution in [0.1, 0.15) is 0 Å². The number of anilines is 1. The third-order valence-electron chi connectivity index (χ3n) is 2.11. The van der Waals surface area contributed by atoms with Gasteiger partial charge in [-0.15, -0.1) is 0 Å². The molecule has 1 aromatic carbocycles. The Bertz CT molecular complexity index is 617. The molecule has 0 bridgehead atoms. The van der Waals surface area contributed by atoms with E-state index in [4.69, 9.17) is 5.11 Å². The second-order valence-corrected chi connectivity index (χ2v) is 5.18. The maximum absolute atomic E-state index is 11.9. The Labute approximate surface area is 98.6 Å². The van der Waals surface area contributed by atoms with Gasteiger partial charge in [0.1, 0.15) is 10.6 Å². The van der Waals surface area contributed by atoms with Crippen molar-refractivity contribution in [3.05, 3.63) is 36.7 Å². The predicted octanol–water partition coefficient (Wildman–Crippen LogP) is 0.927. The van der Waals surface area contributed by atoms with E-state index in [0.29, 0.717) is 5.69 Å². The number of hydrogen-bond acceptors (Lipinski definition) is 4. The third kappa shape index (κ3) is 2.56. The van der Waals surface area contributed by atoms with E-state index in [1.807, 2.05) is 0 Å². The summed E-state index contributed by atoms with van der Waals surface area (Å²) < 4.78 is 27.5. The molecule has 2 N–H and O–H groups in total. The Morgan fingerprint density at radius 1 is 1.29 bits per heavy atom. The molecule has 0 aliphatic carbocycles. The Balaban J connectivity index is 2.26. The predicted molar refractivity (Wildman–Crippen MR) is 62.1 cm³/mol. The minimum absolute atomic E-state index is 0.0781. The molecule has 0 spiro atoms. The summed E-state index contributed by atoms with van der Waals surface area (Å²) in [5.74, 6) is 0.0781. The van der Waals surface area contributed by atoms with Crippen molar-refractivity contribution < 1.29 is 13.5 Å². The Morgan fingerprint density at radius 2 is 1.94 bits per heavy atom. The van der Waals surface area contributed by atoms with Crippen molar-refractivity contribution in [2.24, 2.45) is 7.05 Å². The molecule has 6 nitrogen and oxygen atoms in total. The summed E-state index contributed by atoms with van der Waals surface area (Å²) in [7, 11) is -1.98. The first-order chi connectivity index (χ1) is 7.97. The summed E-state index contributed by atoms with van der Waals surface area (Å²) in [6, 6.07) is 5.76. The van der Waals surface area contributed by atoms with Crippen molar-refractivity contribution in [2.75, 3.05) is 4.72 Å². The monoisotopic (exact) mass is 253 g/mol. The van der Waals surface area contributed by atoms with E-state index in [1.54, 1.807) is 7.05 Å². The number of nitrogens with one attached hydrogen (secondary N) is 1. The minimum atomic E-state index is -3.62. The molecule has 0 radical (unpaired) electrons. The lowest BCUT2D eigenvalue weighted by Gasteiger charge is -2.05. The normalized spacial score (nSPS) is 11.4. The highest BCUT2D eigenvalue weighted by molar-refractivity contribution is 7.92. The van der Waals surface area contributed by atoms with E-state index in [9.17, 15) is 8.42 Å². The van der Waals surface area contributed by atoms with Crippen molar-refractivity contribution in [3.8, 4) is 5.75 Å². The lowest BCUT2D eigenvalue weighted by molar-refractivity contribution is 0.475. The molecule has 0 saturated heterocycles. The fourth-order valence-corrected chi connectivity index (χ4v) is 2.32. The zero-order valence-corrected chi connectivity index (χ0v) is 9.85. The van der Waals surface area contributed by atoms with E-state index in [2.05, 4.69) is 9.82 Å². The number of nitrogens with zero attached hydrogens (tertiary/aromatic N) is 2. The maximum atomic E-state index is 11.9. The fourth-order valence-electron chi connectivity index (χ4n) is 1.28. The lowest BCUT2D eigenvalue weighted by atomic mass is 10.3. The van der Waals surface area contributed by atoms with Gasteiger partial charge in [0.05, 0.1) is 6.20 Å². The second-order valence-electron chi connectivity index (χ2n) is 3.50. The van der Waals surface area contributed by atoms with Crippen LogP contribution in [0.4, 0.5) is 5.69 Å². The van der Waals surface area contributed by atoms with Crippen LogP contribution in [0, 0.1) is 0 Å². The first-order valence-electron chi connectivity index (χ1n) is 4.78. The van der Waals surface area contributed by atoms with Crippen LogP contribution in [0.3, 0.4) is 0 Å². The molecule has 0 atom stereocenters. The summed E-state index contributed by atoms with van der Waals surface area (Å²) in [5, 5.41) is 12.9. The van der Waals surface area contributed by atoms with Crippen LogP contribution < -0.4 is 4.72 Å². The summed E-state index contributed by atoms with van der Waals surface area (Å²) in [5.41, 5.74) is 0.381. The second kappa shape index (κ2) is 4.10. The molecule has 90 valence electrons. The zero-order chi connectivity index (χ0) is 12.5. The average molecular weight is 253 g/mol. The average Bonchev–Trinajstić information content (AvgIpc) is 2.69. The molecular weight excluding hydrogens is 242 g/mol. The number of hydrogen-bond donors (Lipinski definition) is 2. The lowest BCUT2D eigenvalue weighted by Crippen LogP contribution is -2.12. The number of rotatable bonds is 3. The number of aromatic hydroxyl groups is 1. The molecule has 2 rings (SSSR count). The van der Waals surface area contributed by atoms with Crippen LogP contribution >= 0.6 is 0 Å². The number of phenols is 1. The smallest absolute Gasteiger partial charge is 0.265 e. The van der Waals surface area contributed by atoms with Gasteiger partial charge in [0, 0.05) is 18.9 Å². The summed E-state index contributed by atoms with van der Waals surface area (Å²) >= 11 is 0. The topological polar surface area (TPSA) is 84.2 Å². The number of phenolic OH excluding ortho intramolecular Hbond substituents is 1. The zero-order valence-electron chi connectivity index (χ0n) is 9.03. The molecular formula is C10H11N3O3S. The van der Waals surface area contributed by atoms with Gasteiger partial charge in [-0.2, -0.15) is 5.10 Å². The summed E-state index contributed by atoms with van der Waals surface area (Å²) in [4.78, 5) is 0.0908. The first kappa shape index (κ1) is 11.5. The summed E-state index contributed by atoms with van der Waals surface area (Å²) in [6.45, 7) is 0. The molecule has 0 unspecified atom stereocenters. The largest absolute Gasteiger partial charge is 0.508 e. The van der Waals surface area contributed by atoms with Crippen LogP contribution in [-0.4, -0.2) is 23.3 Å². The van der Waals surface area contributed by atoms with Crippen molar-refractivity contribution in [3.63, 3.8) is 0 Å². The Kier molecular flexibility index (Phi) is 2.76. The molecule has 17 heavy (non-hydrogen) atoms. The van der Waals surface area contributed by atoms with Crippen molar-refractivity contribution >= 4 is 15.7 Å². The molecule has 0 amide bonds. The number of aryl methyl sites for hydroxylation is 1. The van der Waals surface area contributed by atoms with Gasteiger partial charge >= 0.3 is 0 Å². The standard InChI is InChI=1S/C10H11N3O3S/c1-13-7-10(6-11-13)17(15,16)12-8-2-4-9(14)5-3-8/h2-7,12,14H,1H3. The molecule has 0 aliphatic heterocycles. The SMILES string of the molecule is Cn1cc(S(=O)(=O)Nc2ccc(O)cc2)cn1. The van der Waals surface area contributed by atoms with Crippen molar-refractivity contribution in [1.29, 1.82) is 0 Å². The summed E-state index contributed by atoms with van der Waals surface area (Å²) in [6.07, 6.45) is 2.67. The van der Waals surface area contributed by atoms with Crippen molar-refractivity contribution in [1.82, 2.24) is 9.78 Å². The van der Waals surface area contributed by atoms with Crippen LogP contribution in [0.5, 0.6) is 5.75 Å². The molecule has 0 saturated carbocycles. The first-order valence-corrected chi connectivity index (χ1v) is 6.26. The fraction of sp³-hybridized carbons (Fsp3) is 0.100. The number of sulfonamides is 1. The van der Waals surface area contributed by atoms with E-state index < -0.39 is 10.0 Å². The van der Waals surface area contributed by atoms with Crippen LogP contribution in [0.15, 0.2) is 41.6 Å². The van der Waals surface area contributed by atoms with E-state index in [0.717, 1.165) is 0 Å². The molecule has 7 heteroatoms. The molecule has 0 fully saturated rings. The molecule has 0 aliphatic rings. The Hall–Kier alpha value is -2.02. The van der Waals surface area contributed by atoms with Gasteiger partial charge in [-0.25, -0.2) is 8.42 Å². The van der Waals surface area contributed by atoms with E-state index >= 15 is 0 Å². The van der Waals surface area contributed by atoms with Crippen LogP contribution in [0.2, 0.25) is 0 Å². The highest BCUT2D eigenvalue weighted by Crippen LogP contribution is 2.17. The molecule has 1 heterocycles. The van der Waals surface area contributed by atoms with Gasteiger partial charge in [-0.05, 0) is 24.3 Å². The number of aromatic nitrogens is 2. The molecule has 2 aromatic rings. The van der Waals surface area contributed by atoms with E-state index in [-0.39, 0.29) is 10.6 Å². The van der Waals surface area contributed by atoms with Gasteiger partial charge in [0.2, 0.25) is 0 Å². The maximum Gasteiger partial charge on any atom is 0.265 e. The van der Waals surface area contributed by atoms with Crippen LogP contribution in [-0.2, 0) is 17.1 Å². The Morgan fingerprint density at radius 3 is 2.47 bits per heavy atom. The van der Waals surface area contributed by atoms with Gasteiger partial charge in [0.15, 0.2) is 0 Å². The third-order valence-corrected chi connectivity index (χ3v) is 3.45. The highest BCUT2D eigenvalue weighted by atomic mass is 32.2. The van der Waals surface area contributed by atoms with Crippen LogP contribution in [0.25, 0.3) is 0 Å². The van der Waals surface area contributed by atoms with Gasteiger partial charge in [-0.3, -0.25) is 9.40 Å². The van der Waals surface area contributed by atoms with Gasteiger partial charge in [0.25, 0.3) is 10.0 Å².